The lowest BCUT2D eigenvalue weighted by atomic mass is 10.2. The first-order chi connectivity index (χ1) is 10.5. The largest absolute Gasteiger partial charge is 0.369 e. The molecule has 3 N–H and O–H groups in total. The molecule has 1 aromatic rings. The maximum atomic E-state index is 12.3. The van der Waals surface area contributed by atoms with Gasteiger partial charge in [0.25, 0.3) is 0 Å². The molecular formula is C15H22N3O3S+. The van der Waals surface area contributed by atoms with E-state index >= 15 is 0 Å². The van der Waals surface area contributed by atoms with Crippen LogP contribution in [0.5, 0.6) is 0 Å². The Kier molecular flexibility index (Phi) is 5.70. The Labute approximate surface area is 131 Å². The zero-order valence-corrected chi connectivity index (χ0v) is 13.3. The number of primary amides is 1. The average molecular weight is 324 g/mol. The lowest BCUT2D eigenvalue weighted by Crippen LogP contribution is -3.14. The number of amides is 1. The Morgan fingerprint density at radius 2 is 1.86 bits per heavy atom. The topological polar surface area (TPSA) is 84.9 Å². The fraction of sp³-hybridized carbons (Fsp3) is 0.400. The molecule has 0 unspecified atom stereocenters. The lowest BCUT2D eigenvalue weighted by Gasteiger charge is -2.30. The number of benzene rings is 1. The van der Waals surface area contributed by atoms with Crippen molar-refractivity contribution in [3.63, 3.8) is 0 Å². The molecule has 0 spiro atoms. The number of rotatable bonds is 6. The molecule has 1 heterocycles. The monoisotopic (exact) mass is 324 g/mol. The molecule has 1 aliphatic heterocycles. The summed E-state index contributed by atoms with van der Waals surface area (Å²) in [6.45, 7) is 3.01. The highest BCUT2D eigenvalue weighted by atomic mass is 32.2. The van der Waals surface area contributed by atoms with Gasteiger partial charge in [0, 0.05) is 5.41 Å². The summed E-state index contributed by atoms with van der Waals surface area (Å²) in [6.07, 6.45) is 1.96. The summed E-state index contributed by atoms with van der Waals surface area (Å²) < 4.78 is 26.1. The van der Waals surface area contributed by atoms with Crippen LogP contribution in [0.3, 0.4) is 0 Å². The highest BCUT2D eigenvalue weighted by molar-refractivity contribution is 7.92. The molecule has 2 rings (SSSR count). The van der Waals surface area contributed by atoms with Crippen molar-refractivity contribution in [1.29, 1.82) is 0 Å². The van der Waals surface area contributed by atoms with Crippen LogP contribution in [0, 0.1) is 0 Å². The Balaban J connectivity index is 1.89. The summed E-state index contributed by atoms with van der Waals surface area (Å²) >= 11 is 0. The van der Waals surface area contributed by atoms with Crippen molar-refractivity contribution < 1.29 is 18.1 Å². The fourth-order valence-corrected chi connectivity index (χ4v) is 3.61. The van der Waals surface area contributed by atoms with Gasteiger partial charge in [-0.1, -0.05) is 30.3 Å². The van der Waals surface area contributed by atoms with Crippen molar-refractivity contribution in [2.24, 2.45) is 5.73 Å². The smallest absolute Gasteiger partial charge is 0.236 e. The van der Waals surface area contributed by atoms with E-state index in [1.807, 2.05) is 30.3 Å². The maximum absolute atomic E-state index is 12.3. The van der Waals surface area contributed by atoms with Crippen molar-refractivity contribution in [1.82, 2.24) is 4.31 Å². The highest BCUT2D eigenvalue weighted by Crippen LogP contribution is 2.08. The van der Waals surface area contributed by atoms with Gasteiger partial charge in [0.05, 0.1) is 39.1 Å². The predicted octanol–water partition coefficient (Wildman–Crippen LogP) is -0.937. The van der Waals surface area contributed by atoms with Crippen LogP contribution in [0.25, 0.3) is 6.08 Å². The Bertz CT molecular complexity index is 621. The minimum atomic E-state index is -3.39. The number of quaternary nitrogens is 1. The first-order valence-corrected chi connectivity index (χ1v) is 8.83. The highest BCUT2D eigenvalue weighted by Gasteiger charge is 2.27. The fourth-order valence-electron chi connectivity index (χ4n) is 2.42. The second kappa shape index (κ2) is 7.53. The molecule has 22 heavy (non-hydrogen) atoms. The zero-order chi connectivity index (χ0) is 16.0. The van der Waals surface area contributed by atoms with E-state index in [0.717, 1.165) is 5.56 Å². The Morgan fingerprint density at radius 3 is 2.45 bits per heavy atom. The number of piperazine rings is 1. The summed E-state index contributed by atoms with van der Waals surface area (Å²) in [7, 11) is -3.39. The van der Waals surface area contributed by atoms with E-state index in [9.17, 15) is 13.2 Å². The zero-order valence-electron chi connectivity index (χ0n) is 12.4. The van der Waals surface area contributed by atoms with Gasteiger partial charge in [-0.3, -0.25) is 4.79 Å². The van der Waals surface area contributed by atoms with E-state index in [1.54, 1.807) is 6.08 Å². The van der Waals surface area contributed by atoms with Crippen LogP contribution in [-0.2, 0) is 14.8 Å². The number of nitrogens with one attached hydrogen (secondary N) is 1. The molecule has 1 fully saturated rings. The molecule has 0 radical (unpaired) electrons. The number of nitrogens with two attached hydrogens (primary N) is 1. The van der Waals surface area contributed by atoms with Crippen molar-refractivity contribution in [3.8, 4) is 0 Å². The first kappa shape index (κ1) is 16.7. The van der Waals surface area contributed by atoms with Crippen LogP contribution in [0.4, 0.5) is 0 Å². The number of hydrogen-bond donors (Lipinski definition) is 2. The average Bonchev–Trinajstić information content (AvgIpc) is 2.52. The molecule has 1 amide bonds. The lowest BCUT2D eigenvalue weighted by molar-refractivity contribution is -0.903. The molecule has 0 bridgehead atoms. The van der Waals surface area contributed by atoms with Gasteiger partial charge in [-0.15, -0.1) is 0 Å². The summed E-state index contributed by atoms with van der Waals surface area (Å²) in [4.78, 5) is 12.0. The number of sulfonamides is 1. The van der Waals surface area contributed by atoms with Crippen molar-refractivity contribution in [2.45, 2.75) is 6.42 Å². The second-order valence-corrected chi connectivity index (χ2v) is 7.19. The molecule has 0 aliphatic carbocycles. The van der Waals surface area contributed by atoms with Crippen molar-refractivity contribution in [2.75, 3.05) is 32.7 Å². The quantitative estimate of drug-likeness (QED) is 0.708. The molecule has 0 atom stereocenters. The third-order valence-corrected chi connectivity index (χ3v) is 5.31. The van der Waals surface area contributed by atoms with Crippen LogP contribution in [0.2, 0.25) is 0 Å². The van der Waals surface area contributed by atoms with Gasteiger partial charge < -0.3 is 10.6 Å². The second-order valence-electron chi connectivity index (χ2n) is 5.37. The molecule has 6 nitrogen and oxygen atoms in total. The number of nitrogens with zero attached hydrogens (tertiary/aromatic N) is 1. The number of carbonyl (C=O) groups excluding carboxylic acids is 1. The molecule has 120 valence electrons. The molecule has 0 saturated carbocycles. The molecule has 1 saturated heterocycles. The summed E-state index contributed by atoms with van der Waals surface area (Å²) in [5, 5.41) is 1.26. The molecule has 1 aromatic carbocycles. The van der Waals surface area contributed by atoms with E-state index < -0.39 is 10.0 Å². The van der Waals surface area contributed by atoms with E-state index in [4.69, 9.17) is 5.73 Å². The normalized spacial score (nSPS) is 17.8. The summed E-state index contributed by atoms with van der Waals surface area (Å²) in [5.41, 5.74) is 5.99. The number of hydrogen-bond acceptors (Lipinski definition) is 3. The van der Waals surface area contributed by atoms with Crippen LogP contribution < -0.4 is 10.6 Å². The van der Waals surface area contributed by atoms with E-state index in [1.165, 1.54) is 14.6 Å². The van der Waals surface area contributed by atoms with Gasteiger partial charge in [-0.2, -0.15) is 4.31 Å². The SMILES string of the molecule is NC(=O)CC[NH+]1CCN(S(=O)(=O)/C=C/c2ccccc2)CC1. The van der Waals surface area contributed by atoms with Crippen LogP contribution in [0.15, 0.2) is 35.7 Å². The standard InChI is InChI=1S/C15H21N3O3S/c16-15(19)6-8-17-9-11-18(12-10-17)22(20,21)13-7-14-4-2-1-3-5-14/h1-5,7,13H,6,8-12H2,(H2,16,19)/p+1/b13-7+. The summed E-state index contributed by atoms with van der Waals surface area (Å²) in [6, 6.07) is 9.34. The van der Waals surface area contributed by atoms with Crippen molar-refractivity contribution in [3.05, 3.63) is 41.3 Å². The summed E-state index contributed by atoms with van der Waals surface area (Å²) in [5.74, 6) is -0.312. The van der Waals surface area contributed by atoms with Gasteiger partial charge in [-0.05, 0) is 11.6 Å². The first-order valence-electron chi connectivity index (χ1n) is 7.32. The predicted molar refractivity (Wildman–Crippen MR) is 85.3 cm³/mol. The van der Waals surface area contributed by atoms with Crippen LogP contribution in [0.1, 0.15) is 12.0 Å². The van der Waals surface area contributed by atoms with E-state index in [-0.39, 0.29) is 5.91 Å². The molecule has 0 aromatic heterocycles. The van der Waals surface area contributed by atoms with Gasteiger partial charge >= 0.3 is 0 Å². The Morgan fingerprint density at radius 1 is 1.23 bits per heavy atom. The van der Waals surface area contributed by atoms with Crippen molar-refractivity contribution >= 4 is 22.0 Å². The molecular weight excluding hydrogens is 302 g/mol. The molecule has 7 heteroatoms. The van der Waals surface area contributed by atoms with E-state index in [2.05, 4.69) is 0 Å². The van der Waals surface area contributed by atoms with Gasteiger partial charge in [-0.25, -0.2) is 8.42 Å². The van der Waals surface area contributed by atoms with E-state index in [0.29, 0.717) is 39.1 Å². The van der Waals surface area contributed by atoms with Crippen LogP contribution >= 0.6 is 0 Å². The maximum Gasteiger partial charge on any atom is 0.236 e. The van der Waals surface area contributed by atoms with Gasteiger partial charge in [0.1, 0.15) is 0 Å². The third kappa shape index (κ3) is 4.94. The number of carbonyl (C=O) groups is 1. The Hall–Kier alpha value is -1.70. The minimum absolute atomic E-state index is 0.312. The van der Waals surface area contributed by atoms with Crippen LogP contribution in [-0.4, -0.2) is 51.4 Å². The van der Waals surface area contributed by atoms with Gasteiger partial charge in [0.15, 0.2) is 0 Å². The minimum Gasteiger partial charge on any atom is -0.369 e. The third-order valence-electron chi connectivity index (χ3n) is 3.75. The van der Waals surface area contributed by atoms with Gasteiger partial charge in [0.2, 0.25) is 15.9 Å². The molecule has 1 aliphatic rings.